The monoisotopic (exact) mass is 346 g/mol. The van der Waals surface area contributed by atoms with Crippen molar-refractivity contribution in [1.29, 1.82) is 0 Å². The van der Waals surface area contributed by atoms with Crippen LogP contribution >= 0.6 is 22.9 Å². The van der Waals surface area contributed by atoms with Gasteiger partial charge >= 0.3 is 0 Å². The Morgan fingerprint density at radius 2 is 2.17 bits per heavy atom. The molecule has 6 heteroatoms. The summed E-state index contributed by atoms with van der Waals surface area (Å²) in [6.07, 6.45) is 8.62. The van der Waals surface area contributed by atoms with Gasteiger partial charge in [0.1, 0.15) is 0 Å². The molecule has 3 rings (SSSR count). The number of halogens is 1. The molecule has 0 saturated carbocycles. The average molecular weight is 347 g/mol. The van der Waals surface area contributed by atoms with Crippen LogP contribution in [0.25, 0.3) is 16.1 Å². The van der Waals surface area contributed by atoms with Crippen LogP contribution in [-0.4, -0.2) is 21.0 Å². The molecule has 0 aliphatic heterocycles. The summed E-state index contributed by atoms with van der Waals surface area (Å²) in [5.41, 5.74) is 1.89. The number of hydrogen-bond donors (Lipinski definition) is 1. The molecule has 120 valence electrons. The van der Waals surface area contributed by atoms with Gasteiger partial charge in [0.15, 0.2) is 11.0 Å². The Labute approximate surface area is 145 Å². The smallest absolute Gasteiger partial charge is 0.183 e. The first-order valence-corrected chi connectivity index (χ1v) is 8.86. The summed E-state index contributed by atoms with van der Waals surface area (Å²) in [7, 11) is 0. The van der Waals surface area contributed by atoms with Gasteiger partial charge in [-0.25, -0.2) is 15.0 Å². The summed E-state index contributed by atoms with van der Waals surface area (Å²) in [5, 5.41) is 4.94. The summed E-state index contributed by atoms with van der Waals surface area (Å²) in [4.78, 5) is 14.6. The van der Waals surface area contributed by atoms with E-state index in [1.54, 1.807) is 17.5 Å². The molecule has 0 bridgehead atoms. The lowest BCUT2D eigenvalue weighted by atomic mass is 9.92. The molecule has 1 unspecified atom stereocenters. The molecule has 0 spiro atoms. The number of allylic oxidation sites excluding steroid dienone is 4. The van der Waals surface area contributed by atoms with Gasteiger partial charge in [-0.15, -0.1) is 0 Å². The zero-order chi connectivity index (χ0) is 16.4. The quantitative estimate of drug-likeness (QED) is 0.849. The molecule has 1 aliphatic carbocycles. The van der Waals surface area contributed by atoms with Crippen molar-refractivity contribution in [2.45, 2.75) is 33.2 Å². The van der Waals surface area contributed by atoms with E-state index in [1.807, 2.05) is 18.3 Å². The highest BCUT2D eigenvalue weighted by Crippen LogP contribution is 2.35. The van der Waals surface area contributed by atoms with E-state index >= 15 is 0 Å². The number of nitrogens with one attached hydrogen (secondary N) is 1. The van der Waals surface area contributed by atoms with Gasteiger partial charge in [-0.3, -0.25) is 0 Å². The Bertz CT molecular complexity index is 763. The third-order valence-corrected chi connectivity index (χ3v) is 4.85. The third kappa shape index (κ3) is 3.62. The maximum absolute atomic E-state index is 6.36. The lowest BCUT2D eigenvalue weighted by Crippen LogP contribution is -2.08. The second-order valence-electron chi connectivity index (χ2n) is 5.89. The molecule has 2 aromatic rings. The van der Waals surface area contributed by atoms with E-state index in [0.29, 0.717) is 17.8 Å². The van der Waals surface area contributed by atoms with Crippen molar-refractivity contribution in [3.63, 3.8) is 0 Å². The van der Waals surface area contributed by atoms with E-state index in [-0.39, 0.29) is 0 Å². The van der Waals surface area contributed by atoms with E-state index in [2.05, 4.69) is 42.1 Å². The Kier molecular flexibility index (Phi) is 4.78. The van der Waals surface area contributed by atoms with Gasteiger partial charge < -0.3 is 5.32 Å². The highest BCUT2D eigenvalue weighted by molar-refractivity contribution is 7.18. The van der Waals surface area contributed by atoms with Gasteiger partial charge in [-0.2, -0.15) is 0 Å². The standard InChI is InChI=1S/C17H19ClN4S/c1-10(2)21-17-20-9-14(23-17)13-7-8-19-16(22-13)15-11(3)5-4-6-12(15)18/h4,6-11H,5H2,1-3H3,(H,20,21). The Morgan fingerprint density at radius 3 is 2.91 bits per heavy atom. The minimum atomic E-state index is 0.322. The largest absolute Gasteiger partial charge is 0.359 e. The van der Waals surface area contributed by atoms with Crippen molar-refractivity contribution in [3.05, 3.63) is 41.5 Å². The Balaban J connectivity index is 1.94. The molecule has 0 amide bonds. The Hall–Kier alpha value is -1.72. The van der Waals surface area contributed by atoms with Crippen LogP contribution in [0.4, 0.5) is 5.13 Å². The number of nitrogens with zero attached hydrogens (tertiary/aromatic N) is 3. The van der Waals surface area contributed by atoms with Gasteiger partial charge in [-0.1, -0.05) is 35.9 Å². The zero-order valence-electron chi connectivity index (χ0n) is 13.4. The SMILES string of the molecule is CC(C)Nc1ncc(-c2ccnc(C3=C(Cl)C=CCC3C)n2)s1. The summed E-state index contributed by atoms with van der Waals surface area (Å²) >= 11 is 7.96. The second kappa shape index (κ2) is 6.81. The maximum atomic E-state index is 6.36. The van der Waals surface area contributed by atoms with Crippen molar-refractivity contribution in [2.75, 3.05) is 5.32 Å². The van der Waals surface area contributed by atoms with E-state index in [4.69, 9.17) is 16.6 Å². The molecule has 1 N–H and O–H groups in total. The van der Waals surface area contributed by atoms with Crippen LogP contribution in [0.5, 0.6) is 0 Å². The van der Waals surface area contributed by atoms with Crippen LogP contribution in [0.3, 0.4) is 0 Å². The van der Waals surface area contributed by atoms with Crippen molar-refractivity contribution in [1.82, 2.24) is 15.0 Å². The lowest BCUT2D eigenvalue weighted by Gasteiger charge is -2.18. The maximum Gasteiger partial charge on any atom is 0.183 e. The molecule has 1 aliphatic rings. The van der Waals surface area contributed by atoms with Crippen LogP contribution < -0.4 is 5.32 Å². The number of anilines is 1. The van der Waals surface area contributed by atoms with Gasteiger partial charge in [0, 0.05) is 29.0 Å². The van der Waals surface area contributed by atoms with E-state index in [1.165, 1.54) is 0 Å². The van der Waals surface area contributed by atoms with Crippen LogP contribution in [0.15, 0.2) is 35.6 Å². The van der Waals surface area contributed by atoms with Gasteiger partial charge in [0.2, 0.25) is 0 Å². The van der Waals surface area contributed by atoms with Gasteiger partial charge in [0.25, 0.3) is 0 Å². The average Bonchev–Trinajstić information content (AvgIpc) is 2.95. The van der Waals surface area contributed by atoms with E-state index in [9.17, 15) is 0 Å². The first-order valence-electron chi connectivity index (χ1n) is 7.67. The number of aromatic nitrogens is 3. The first-order chi connectivity index (χ1) is 11.0. The van der Waals surface area contributed by atoms with Crippen LogP contribution in [-0.2, 0) is 0 Å². The van der Waals surface area contributed by atoms with Gasteiger partial charge in [-0.05, 0) is 38.3 Å². The number of hydrogen-bond acceptors (Lipinski definition) is 5. The molecule has 2 aromatic heterocycles. The molecular weight excluding hydrogens is 328 g/mol. The van der Waals surface area contributed by atoms with Gasteiger partial charge in [0.05, 0.1) is 10.6 Å². The number of rotatable bonds is 4. The first kappa shape index (κ1) is 16.1. The molecular formula is C17H19ClN4S. The second-order valence-corrected chi connectivity index (χ2v) is 7.33. The van der Waals surface area contributed by atoms with Crippen molar-refractivity contribution in [3.8, 4) is 10.6 Å². The van der Waals surface area contributed by atoms with E-state index in [0.717, 1.165) is 32.7 Å². The fraction of sp³-hybridized carbons (Fsp3) is 0.353. The molecule has 0 fully saturated rings. The minimum Gasteiger partial charge on any atom is -0.359 e. The molecule has 4 nitrogen and oxygen atoms in total. The topological polar surface area (TPSA) is 50.7 Å². The van der Waals surface area contributed by atoms with Crippen molar-refractivity contribution < 1.29 is 0 Å². The van der Waals surface area contributed by atoms with Crippen LogP contribution in [0.1, 0.15) is 33.0 Å². The predicted octanol–water partition coefficient (Wildman–Crippen LogP) is 4.97. The summed E-state index contributed by atoms with van der Waals surface area (Å²) in [6, 6.07) is 2.27. The molecule has 0 aromatic carbocycles. The molecule has 2 heterocycles. The van der Waals surface area contributed by atoms with Crippen LogP contribution in [0.2, 0.25) is 0 Å². The summed E-state index contributed by atoms with van der Waals surface area (Å²) in [5.74, 6) is 1.03. The zero-order valence-corrected chi connectivity index (χ0v) is 14.9. The molecule has 0 radical (unpaired) electrons. The highest BCUT2D eigenvalue weighted by Gasteiger charge is 2.20. The normalized spacial score (nSPS) is 17.9. The van der Waals surface area contributed by atoms with E-state index < -0.39 is 0 Å². The minimum absolute atomic E-state index is 0.322. The fourth-order valence-electron chi connectivity index (χ4n) is 2.48. The molecule has 1 atom stereocenters. The molecule has 23 heavy (non-hydrogen) atoms. The van der Waals surface area contributed by atoms with Crippen LogP contribution in [0, 0.1) is 5.92 Å². The summed E-state index contributed by atoms with van der Waals surface area (Å²) in [6.45, 7) is 6.33. The van der Waals surface area contributed by atoms with Crippen molar-refractivity contribution in [2.24, 2.45) is 5.92 Å². The highest BCUT2D eigenvalue weighted by atomic mass is 35.5. The van der Waals surface area contributed by atoms with Crippen molar-refractivity contribution >= 4 is 33.6 Å². The number of thiazole rings is 1. The molecule has 0 saturated heterocycles. The fourth-order valence-corrected chi connectivity index (χ4v) is 3.77. The Morgan fingerprint density at radius 1 is 1.35 bits per heavy atom. The predicted molar refractivity (Wildman–Crippen MR) is 97.6 cm³/mol. The lowest BCUT2D eigenvalue weighted by molar-refractivity contribution is 0.746. The third-order valence-electron chi connectivity index (χ3n) is 3.57. The summed E-state index contributed by atoms with van der Waals surface area (Å²) < 4.78 is 0.